The number of halogens is 1. The third-order valence-corrected chi connectivity index (χ3v) is 4.47. The summed E-state index contributed by atoms with van der Waals surface area (Å²) >= 11 is 3.24. The lowest BCUT2D eigenvalue weighted by Crippen LogP contribution is -2.26. The lowest BCUT2D eigenvalue weighted by Gasteiger charge is -2.25. The van der Waals surface area contributed by atoms with E-state index in [1.54, 1.807) is 13.0 Å². The second kappa shape index (κ2) is 6.18. The number of nitrogens with two attached hydrogens (primary N) is 1. The molecule has 1 aromatic carbocycles. The van der Waals surface area contributed by atoms with Crippen molar-refractivity contribution in [2.24, 2.45) is 5.73 Å². The first-order chi connectivity index (χ1) is 11.9. The number of rotatable bonds is 2. The van der Waals surface area contributed by atoms with Crippen LogP contribution in [0.25, 0.3) is 0 Å². The second-order valence-electron chi connectivity index (χ2n) is 5.40. The summed E-state index contributed by atoms with van der Waals surface area (Å²) in [6, 6.07) is 6.64. The zero-order valence-corrected chi connectivity index (χ0v) is 14.9. The Morgan fingerprint density at radius 3 is 2.76 bits per heavy atom. The van der Waals surface area contributed by atoms with E-state index in [1.165, 1.54) is 19.2 Å². The summed E-state index contributed by atoms with van der Waals surface area (Å²) in [5.41, 5.74) is 6.01. The van der Waals surface area contributed by atoms with Crippen LogP contribution in [-0.2, 0) is 0 Å². The molecule has 0 aliphatic carbocycles. The highest BCUT2D eigenvalue weighted by molar-refractivity contribution is 9.10. The lowest BCUT2D eigenvalue weighted by atomic mass is 9.84. The Hall–Kier alpha value is -2.92. The molecule has 3 rings (SSSR count). The van der Waals surface area contributed by atoms with Crippen molar-refractivity contribution < 1.29 is 19.0 Å². The summed E-state index contributed by atoms with van der Waals surface area (Å²) in [5.74, 6) is -0.210. The number of nitrogens with zero attached hydrogens (tertiary/aromatic N) is 1. The van der Waals surface area contributed by atoms with Gasteiger partial charge in [-0.2, -0.15) is 5.26 Å². The molecule has 1 aliphatic heterocycles. The number of phenols is 1. The van der Waals surface area contributed by atoms with Crippen LogP contribution in [0.5, 0.6) is 17.2 Å². The summed E-state index contributed by atoms with van der Waals surface area (Å²) < 4.78 is 16.1. The van der Waals surface area contributed by atoms with Gasteiger partial charge in [-0.05, 0) is 40.5 Å². The molecule has 0 radical (unpaired) electrons. The lowest BCUT2D eigenvalue weighted by molar-refractivity contribution is 0.366. The molecule has 0 bridgehead atoms. The van der Waals surface area contributed by atoms with Gasteiger partial charge in [0.25, 0.3) is 0 Å². The molecule has 0 saturated carbocycles. The van der Waals surface area contributed by atoms with Crippen LogP contribution in [0, 0.1) is 18.3 Å². The van der Waals surface area contributed by atoms with E-state index in [4.69, 9.17) is 19.6 Å². The van der Waals surface area contributed by atoms with Crippen LogP contribution in [0.4, 0.5) is 0 Å². The molecule has 8 heteroatoms. The fraction of sp³-hybridized carbons (Fsp3) is 0.176. The number of hydrogen-bond acceptors (Lipinski definition) is 7. The van der Waals surface area contributed by atoms with Gasteiger partial charge in [-0.3, -0.25) is 0 Å². The predicted octanol–water partition coefficient (Wildman–Crippen LogP) is 2.64. The summed E-state index contributed by atoms with van der Waals surface area (Å²) in [6.45, 7) is 1.61. The quantitative estimate of drug-likeness (QED) is 0.789. The van der Waals surface area contributed by atoms with Crippen molar-refractivity contribution in [2.75, 3.05) is 7.11 Å². The molecule has 128 valence electrons. The van der Waals surface area contributed by atoms with E-state index in [0.29, 0.717) is 15.8 Å². The average Bonchev–Trinajstić information content (AvgIpc) is 2.55. The standard InChI is InChI=1S/C17H13BrN2O5/c1-7-3-11-14(17(22)24-7)13(9(6-19)16(20)25-11)8-4-10(18)15(21)12(5-8)23-2/h3-5,13,21H,20H2,1-2H3/t13-/m1/s1. The third kappa shape index (κ3) is 2.72. The number of aryl methyl sites for hydroxylation is 1. The predicted molar refractivity (Wildman–Crippen MR) is 91.4 cm³/mol. The number of benzene rings is 1. The Balaban J connectivity index is 2.34. The molecule has 0 amide bonds. The molecule has 0 fully saturated rings. The average molecular weight is 405 g/mol. The molecule has 2 aromatic rings. The Morgan fingerprint density at radius 2 is 2.12 bits per heavy atom. The van der Waals surface area contributed by atoms with Gasteiger partial charge in [0, 0.05) is 6.07 Å². The summed E-state index contributed by atoms with van der Waals surface area (Å²) in [5, 5.41) is 19.5. The summed E-state index contributed by atoms with van der Waals surface area (Å²) in [7, 11) is 1.40. The van der Waals surface area contributed by atoms with E-state index in [-0.39, 0.29) is 34.3 Å². The number of aromatic hydroxyl groups is 1. The Morgan fingerprint density at radius 1 is 1.40 bits per heavy atom. The van der Waals surface area contributed by atoms with Gasteiger partial charge >= 0.3 is 5.63 Å². The smallest absolute Gasteiger partial charge is 0.343 e. The van der Waals surface area contributed by atoms with Crippen molar-refractivity contribution >= 4 is 15.9 Å². The maximum absolute atomic E-state index is 12.4. The number of nitriles is 1. The second-order valence-corrected chi connectivity index (χ2v) is 6.26. The van der Waals surface area contributed by atoms with E-state index in [9.17, 15) is 15.2 Å². The van der Waals surface area contributed by atoms with Gasteiger partial charge in [-0.15, -0.1) is 0 Å². The van der Waals surface area contributed by atoms with Crippen molar-refractivity contribution in [3.63, 3.8) is 0 Å². The van der Waals surface area contributed by atoms with E-state index < -0.39 is 11.5 Å². The van der Waals surface area contributed by atoms with Gasteiger partial charge in [0.2, 0.25) is 5.88 Å². The molecular weight excluding hydrogens is 392 g/mol. The van der Waals surface area contributed by atoms with E-state index in [0.717, 1.165) is 0 Å². The monoisotopic (exact) mass is 404 g/mol. The van der Waals surface area contributed by atoms with Gasteiger partial charge in [0.1, 0.15) is 23.2 Å². The van der Waals surface area contributed by atoms with Crippen molar-refractivity contribution in [2.45, 2.75) is 12.8 Å². The number of hydrogen-bond donors (Lipinski definition) is 2. The molecule has 2 heterocycles. The number of ether oxygens (including phenoxy) is 2. The van der Waals surface area contributed by atoms with Gasteiger partial charge < -0.3 is 24.7 Å². The molecule has 25 heavy (non-hydrogen) atoms. The Kier molecular flexibility index (Phi) is 4.18. The highest BCUT2D eigenvalue weighted by atomic mass is 79.9. The largest absolute Gasteiger partial charge is 0.503 e. The SMILES string of the molecule is COc1cc([C@@H]2C(C#N)=C(N)Oc3cc(C)oc(=O)c32)cc(Br)c1O. The first-order valence-corrected chi connectivity index (χ1v) is 7.95. The van der Waals surface area contributed by atoms with Crippen LogP contribution in [0.1, 0.15) is 22.8 Å². The van der Waals surface area contributed by atoms with Crippen molar-refractivity contribution in [1.82, 2.24) is 0 Å². The van der Waals surface area contributed by atoms with Gasteiger partial charge in [-0.1, -0.05) is 0 Å². The first-order valence-electron chi connectivity index (χ1n) is 7.16. The number of fused-ring (bicyclic) bond motifs is 1. The number of methoxy groups -OCH3 is 1. The molecule has 3 N–H and O–H groups in total. The van der Waals surface area contributed by atoms with Crippen LogP contribution >= 0.6 is 15.9 Å². The zero-order valence-electron chi connectivity index (χ0n) is 13.3. The molecular formula is C17H13BrN2O5. The van der Waals surface area contributed by atoms with Crippen LogP contribution in [0.2, 0.25) is 0 Å². The highest BCUT2D eigenvalue weighted by Gasteiger charge is 2.35. The molecule has 1 aromatic heterocycles. The number of phenolic OH excluding ortho intramolecular Hbond substituents is 1. The van der Waals surface area contributed by atoms with Gasteiger partial charge in [0.05, 0.1) is 23.1 Å². The summed E-state index contributed by atoms with van der Waals surface area (Å²) in [4.78, 5) is 12.4. The third-order valence-electron chi connectivity index (χ3n) is 3.86. The van der Waals surface area contributed by atoms with Gasteiger partial charge in [0.15, 0.2) is 11.5 Å². The van der Waals surface area contributed by atoms with Crippen molar-refractivity contribution in [3.8, 4) is 23.3 Å². The van der Waals surface area contributed by atoms with E-state index >= 15 is 0 Å². The normalized spacial score (nSPS) is 16.0. The van der Waals surface area contributed by atoms with Crippen molar-refractivity contribution in [3.05, 3.63) is 61.4 Å². The molecule has 0 unspecified atom stereocenters. The van der Waals surface area contributed by atoms with Crippen LogP contribution in [0.3, 0.4) is 0 Å². The molecule has 1 aliphatic rings. The first kappa shape index (κ1) is 16.9. The minimum absolute atomic E-state index is 0.0725. The van der Waals surface area contributed by atoms with Crippen molar-refractivity contribution in [1.29, 1.82) is 5.26 Å². The van der Waals surface area contributed by atoms with E-state index in [2.05, 4.69) is 15.9 Å². The maximum Gasteiger partial charge on any atom is 0.343 e. The fourth-order valence-electron chi connectivity index (χ4n) is 2.77. The molecule has 0 spiro atoms. The van der Waals surface area contributed by atoms with Crippen LogP contribution in [0.15, 0.2) is 43.3 Å². The zero-order chi connectivity index (χ0) is 18.3. The highest BCUT2D eigenvalue weighted by Crippen LogP contribution is 2.44. The summed E-state index contributed by atoms with van der Waals surface area (Å²) in [6.07, 6.45) is 0. The molecule has 0 saturated heterocycles. The van der Waals surface area contributed by atoms with Gasteiger partial charge in [-0.25, -0.2) is 4.79 Å². The topological polar surface area (TPSA) is 119 Å². The Labute approximate surface area is 151 Å². The molecule has 7 nitrogen and oxygen atoms in total. The van der Waals surface area contributed by atoms with Crippen LogP contribution in [-0.4, -0.2) is 12.2 Å². The fourth-order valence-corrected chi connectivity index (χ4v) is 3.23. The van der Waals surface area contributed by atoms with Crippen LogP contribution < -0.4 is 20.8 Å². The molecule has 1 atom stereocenters. The minimum Gasteiger partial charge on any atom is -0.503 e. The van der Waals surface area contributed by atoms with E-state index in [1.807, 2.05) is 6.07 Å². The maximum atomic E-state index is 12.4. The number of allylic oxidation sites excluding steroid dienone is 1. The Bertz CT molecular complexity index is 1000. The minimum atomic E-state index is -0.809.